The summed E-state index contributed by atoms with van der Waals surface area (Å²) in [6.45, 7) is 2.77. The van der Waals surface area contributed by atoms with Crippen LogP contribution in [0, 0.1) is 12.8 Å². The summed E-state index contributed by atoms with van der Waals surface area (Å²) in [5, 5.41) is 19.0. The van der Waals surface area contributed by atoms with Gasteiger partial charge in [-0.2, -0.15) is 0 Å². The molecule has 7 nitrogen and oxygen atoms in total. The lowest BCUT2D eigenvalue weighted by Gasteiger charge is -2.26. The van der Waals surface area contributed by atoms with Crippen LogP contribution in [0.4, 0.5) is 10.5 Å². The molecule has 0 saturated heterocycles. The average molecular weight is 399 g/mol. The second kappa shape index (κ2) is 10.6. The molecule has 0 aliphatic heterocycles. The highest BCUT2D eigenvalue weighted by Crippen LogP contribution is 2.22. The van der Waals surface area contributed by atoms with Crippen molar-refractivity contribution in [3.05, 3.63) is 65.2 Å². The van der Waals surface area contributed by atoms with Gasteiger partial charge in [-0.3, -0.25) is 4.79 Å². The van der Waals surface area contributed by atoms with Gasteiger partial charge < -0.3 is 26.0 Å². The van der Waals surface area contributed by atoms with Crippen molar-refractivity contribution in [2.75, 3.05) is 39.5 Å². The van der Waals surface area contributed by atoms with E-state index in [1.54, 1.807) is 25.2 Å². The summed E-state index contributed by atoms with van der Waals surface area (Å²) < 4.78 is 0. The largest absolute Gasteiger partial charge is 0.388 e. The maximum absolute atomic E-state index is 12.4. The molecule has 0 aliphatic rings. The third kappa shape index (κ3) is 6.58. The van der Waals surface area contributed by atoms with E-state index in [-0.39, 0.29) is 17.9 Å². The van der Waals surface area contributed by atoms with Gasteiger partial charge in [-0.25, -0.2) is 4.79 Å². The number of aliphatic hydroxyl groups is 1. The van der Waals surface area contributed by atoms with Crippen LogP contribution in [0.15, 0.2) is 48.5 Å². The van der Waals surface area contributed by atoms with Gasteiger partial charge in [0.2, 0.25) is 0 Å². The number of carbonyl (C=O) groups is 2. The topological polar surface area (TPSA) is 93.7 Å². The summed E-state index contributed by atoms with van der Waals surface area (Å²) in [7, 11) is 5.44. The Morgan fingerprint density at radius 3 is 2.38 bits per heavy atom. The van der Waals surface area contributed by atoms with E-state index in [2.05, 4.69) is 16.0 Å². The molecule has 2 atom stereocenters. The number of benzene rings is 2. The predicted octanol–water partition coefficient (Wildman–Crippen LogP) is 2.39. The second-order valence-electron chi connectivity index (χ2n) is 7.32. The highest BCUT2D eigenvalue weighted by Gasteiger charge is 2.22. The van der Waals surface area contributed by atoms with Gasteiger partial charge in [-0.05, 0) is 50.3 Å². The van der Waals surface area contributed by atoms with E-state index in [1.807, 2.05) is 56.3 Å². The van der Waals surface area contributed by atoms with Crippen LogP contribution in [0.3, 0.4) is 0 Å². The molecule has 2 aromatic rings. The minimum absolute atomic E-state index is 0.171. The SMILES string of the molecule is CNC(=O)c1ccc(NC(=O)NC[C@H](CN(C)C)[C@@H](O)c2ccccc2)c(C)c1. The molecule has 0 aromatic heterocycles. The Bertz CT molecular complexity index is 824. The van der Waals surface area contributed by atoms with Crippen LogP contribution in [0.1, 0.15) is 27.6 Å². The van der Waals surface area contributed by atoms with Gasteiger partial charge in [0.25, 0.3) is 5.91 Å². The molecule has 156 valence electrons. The number of aliphatic hydroxyl groups excluding tert-OH is 1. The summed E-state index contributed by atoms with van der Waals surface area (Å²) in [4.78, 5) is 26.1. The van der Waals surface area contributed by atoms with Gasteiger partial charge in [0.05, 0.1) is 6.10 Å². The van der Waals surface area contributed by atoms with Crippen LogP contribution >= 0.6 is 0 Å². The molecule has 3 amide bonds. The average Bonchev–Trinajstić information content (AvgIpc) is 2.71. The van der Waals surface area contributed by atoms with Gasteiger partial charge in [0, 0.05) is 37.3 Å². The molecule has 0 saturated carbocycles. The van der Waals surface area contributed by atoms with E-state index < -0.39 is 6.10 Å². The van der Waals surface area contributed by atoms with E-state index in [0.29, 0.717) is 24.3 Å². The first kappa shape index (κ1) is 22.4. The molecule has 0 radical (unpaired) electrons. The maximum Gasteiger partial charge on any atom is 0.319 e. The van der Waals surface area contributed by atoms with Crippen molar-refractivity contribution in [2.24, 2.45) is 5.92 Å². The van der Waals surface area contributed by atoms with Crippen molar-refractivity contribution in [1.82, 2.24) is 15.5 Å². The molecule has 2 aromatic carbocycles. The zero-order chi connectivity index (χ0) is 21.4. The van der Waals surface area contributed by atoms with Gasteiger partial charge >= 0.3 is 6.03 Å². The number of urea groups is 1. The van der Waals surface area contributed by atoms with Crippen molar-refractivity contribution >= 4 is 17.6 Å². The number of rotatable bonds is 8. The predicted molar refractivity (Wildman–Crippen MR) is 115 cm³/mol. The Morgan fingerprint density at radius 2 is 1.79 bits per heavy atom. The molecular formula is C22H30N4O3. The molecule has 7 heteroatoms. The molecule has 0 unspecified atom stereocenters. The Hall–Kier alpha value is -2.90. The lowest BCUT2D eigenvalue weighted by atomic mass is 9.95. The van der Waals surface area contributed by atoms with E-state index in [9.17, 15) is 14.7 Å². The summed E-state index contributed by atoms with van der Waals surface area (Å²) in [5.74, 6) is -0.347. The van der Waals surface area contributed by atoms with Crippen molar-refractivity contribution in [1.29, 1.82) is 0 Å². The highest BCUT2D eigenvalue weighted by molar-refractivity contribution is 5.96. The van der Waals surface area contributed by atoms with Crippen LogP contribution < -0.4 is 16.0 Å². The lowest BCUT2D eigenvalue weighted by Crippen LogP contribution is -2.39. The first-order valence-electron chi connectivity index (χ1n) is 9.57. The van der Waals surface area contributed by atoms with Crippen molar-refractivity contribution in [3.63, 3.8) is 0 Å². The van der Waals surface area contributed by atoms with Gasteiger partial charge in [-0.15, -0.1) is 0 Å². The maximum atomic E-state index is 12.4. The van der Waals surface area contributed by atoms with Crippen molar-refractivity contribution in [2.45, 2.75) is 13.0 Å². The van der Waals surface area contributed by atoms with Crippen LogP contribution in [0.2, 0.25) is 0 Å². The fourth-order valence-corrected chi connectivity index (χ4v) is 3.15. The minimum atomic E-state index is -0.688. The summed E-state index contributed by atoms with van der Waals surface area (Å²) in [6, 6.07) is 14.2. The van der Waals surface area contributed by atoms with E-state index >= 15 is 0 Å². The molecular weight excluding hydrogens is 368 g/mol. The normalized spacial score (nSPS) is 12.9. The van der Waals surface area contributed by atoms with Gasteiger partial charge in [0.15, 0.2) is 0 Å². The Kier molecular flexibility index (Phi) is 8.18. The number of anilines is 1. The fourth-order valence-electron chi connectivity index (χ4n) is 3.15. The quantitative estimate of drug-likeness (QED) is 0.549. The molecule has 0 spiro atoms. The van der Waals surface area contributed by atoms with Crippen molar-refractivity contribution in [3.8, 4) is 0 Å². The van der Waals surface area contributed by atoms with Gasteiger partial charge in [0.1, 0.15) is 0 Å². The monoisotopic (exact) mass is 398 g/mol. The second-order valence-corrected chi connectivity index (χ2v) is 7.32. The number of amides is 3. The molecule has 0 fully saturated rings. The van der Waals surface area contributed by atoms with Gasteiger partial charge in [-0.1, -0.05) is 30.3 Å². The molecule has 0 bridgehead atoms. The Balaban J connectivity index is 2.00. The summed E-state index contributed by atoms with van der Waals surface area (Å²) in [5.41, 5.74) is 2.77. The third-order valence-corrected chi connectivity index (χ3v) is 4.68. The number of hydrogen-bond donors (Lipinski definition) is 4. The summed E-state index contributed by atoms with van der Waals surface area (Å²) >= 11 is 0. The molecule has 2 rings (SSSR count). The first-order valence-corrected chi connectivity index (χ1v) is 9.57. The number of aryl methyl sites for hydroxylation is 1. The highest BCUT2D eigenvalue weighted by atomic mass is 16.3. The van der Waals surface area contributed by atoms with Crippen LogP contribution in [-0.4, -0.2) is 56.2 Å². The Labute approximate surface area is 172 Å². The molecule has 29 heavy (non-hydrogen) atoms. The van der Waals surface area contributed by atoms with Crippen LogP contribution in [0.5, 0.6) is 0 Å². The number of nitrogens with one attached hydrogen (secondary N) is 3. The standard InChI is InChI=1S/C22H30N4O3/c1-15-12-17(21(28)23-2)10-11-19(15)25-22(29)24-13-18(14-26(3)4)20(27)16-8-6-5-7-9-16/h5-12,18,20,27H,13-14H2,1-4H3,(H,23,28)(H2,24,25,29)/t18-,20+/m1/s1. The zero-order valence-electron chi connectivity index (χ0n) is 17.4. The smallest absolute Gasteiger partial charge is 0.319 e. The fraction of sp³-hybridized carbons (Fsp3) is 0.364. The Morgan fingerprint density at radius 1 is 1.10 bits per heavy atom. The molecule has 4 N–H and O–H groups in total. The van der Waals surface area contributed by atoms with E-state index in [1.165, 1.54) is 0 Å². The third-order valence-electron chi connectivity index (χ3n) is 4.68. The number of carbonyl (C=O) groups excluding carboxylic acids is 2. The van der Waals surface area contributed by atoms with Crippen molar-refractivity contribution < 1.29 is 14.7 Å². The first-order chi connectivity index (χ1) is 13.8. The lowest BCUT2D eigenvalue weighted by molar-refractivity contribution is 0.0911. The number of nitrogens with zero attached hydrogens (tertiary/aromatic N) is 1. The zero-order valence-corrected chi connectivity index (χ0v) is 17.4. The van der Waals surface area contributed by atoms with E-state index in [0.717, 1.165) is 11.1 Å². The molecule has 0 aliphatic carbocycles. The number of hydrogen-bond acceptors (Lipinski definition) is 4. The van der Waals surface area contributed by atoms with E-state index in [4.69, 9.17) is 0 Å². The molecule has 0 heterocycles. The minimum Gasteiger partial charge on any atom is -0.388 e. The van der Waals surface area contributed by atoms with Crippen LogP contribution in [0.25, 0.3) is 0 Å². The van der Waals surface area contributed by atoms with Crippen LogP contribution in [-0.2, 0) is 0 Å². The summed E-state index contributed by atoms with van der Waals surface area (Å²) in [6.07, 6.45) is -0.688.